The molecule has 2 aromatic rings. The van der Waals surface area contributed by atoms with Crippen LogP contribution >= 0.6 is 11.3 Å². The highest BCUT2D eigenvalue weighted by Gasteiger charge is 2.41. The van der Waals surface area contributed by atoms with Crippen LogP contribution in [0.4, 0.5) is 0 Å². The Morgan fingerprint density at radius 2 is 2.05 bits per heavy atom. The van der Waals surface area contributed by atoms with Crippen molar-refractivity contribution >= 4 is 27.2 Å². The Kier molecular flexibility index (Phi) is 3.90. The van der Waals surface area contributed by atoms with Gasteiger partial charge in [0.15, 0.2) is 5.78 Å². The van der Waals surface area contributed by atoms with Crippen molar-refractivity contribution in [1.29, 1.82) is 0 Å². The van der Waals surface area contributed by atoms with Crippen LogP contribution in [0.5, 0.6) is 0 Å². The van der Waals surface area contributed by atoms with Gasteiger partial charge in [0.2, 0.25) is 0 Å². The third kappa shape index (κ3) is 2.29. The molecule has 0 aliphatic heterocycles. The van der Waals surface area contributed by atoms with Gasteiger partial charge in [-0.2, -0.15) is 0 Å². The summed E-state index contributed by atoms with van der Waals surface area (Å²) in [6.07, 6.45) is 5.12. The van der Waals surface area contributed by atoms with Crippen molar-refractivity contribution in [1.82, 2.24) is 0 Å². The first kappa shape index (κ1) is 13.8. The molecule has 20 heavy (non-hydrogen) atoms. The second-order valence-electron chi connectivity index (χ2n) is 5.46. The van der Waals surface area contributed by atoms with Crippen molar-refractivity contribution in [2.24, 2.45) is 0 Å². The van der Waals surface area contributed by atoms with E-state index < -0.39 is 5.60 Å². The topological polar surface area (TPSA) is 26.3 Å². The molecular weight excluding hydrogens is 268 g/mol. The molecule has 0 radical (unpaired) electrons. The van der Waals surface area contributed by atoms with Crippen molar-refractivity contribution in [2.75, 3.05) is 6.61 Å². The maximum Gasteiger partial charge on any atom is 0.196 e. The van der Waals surface area contributed by atoms with Gasteiger partial charge in [0.1, 0.15) is 5.60 Å². The van der Waals surface area contributed by atoms with Gasteiger partial charge < -0.3 is 4.74 Å². The monoisotopic (exact) mass is 288 g/mol. The normalized spacial score (nSPS) is 18.2. The van der Waals surface area contributed by atoms with E-state index in [2.05, 4.69) is 17.5 Å². The van der Waals surface area contributed by atoms with Crippen molar-refractivity contribution in [2.45, 2.75) is 44.6 Å². The van der Waals surface area contributed by atoms with E-state index in [4.69, 9.17) is 4.74 Å². The molecule has 1 aromatic carbocycles. The molecule has 1 aliphatic rings. The Bertz CT molecular complexity index is 603. The number of carbonyl (C=O) groups excluding carboxylic acids is 1. The lowest BCUT2D eigenvalue weighted by Crippen LogP contribution is -2.43. The number of ketones is 1. The molecule has 106 valence electrons. The lowest BCUT2D eigenvalue weighted by Gasteiger charge is -2.35. The third-order valence-corrected chi connectivity index (χ3v) is 5.18. The first-order valence-electron chi connectivity index (χ1n) is 7.42. The molecular formula is C17H20O2S. The van der Waals surface area contributed by atoms with Crippen LogP contribution in [-0.4, -0.2) is 18.0 Å². The number of hydrogen-bond donors (Lipinski definition) is 0. The molecule has 1 aliphatic carbocycles. The van der Waals surface area contributed by atoms with E-state index in [0.717, 1.165) is 41.3 Å². The number of fused-ring (bicyclic) bond motifs is 1. The highest BCUT2D eigenvalue weighted by atomic mass is 32.1. The fourth-order valence-corrected chi connectivity index (χ4v) is 4.16. The fourth-order valence-electron chi connectivity index (χ4n) is 3.25. The quantitative estimate of drug-likeness (QED) is 0.754. The SMILES string of the molecule is CCOC1(C(=O)c2cccc3ccsc23)CCCCC1. The maximum atomic E-state index is 13.1. The predicted molar refractivity (Wildman–Crippen MR) is 83.6 cm³/mol. The van der Waals surface area contributed by atoms with Crippen LogP contribution in [0.25, 0.3) is 10.1 Å². The van der Waals surface area contributed by atoms with Gasteiger partial charge in [0.25, 0.3) is 0 Å². The average molecular weight is 288 g/mol. The largest absolute Gasteiger partial charge is 0.367 e. The van der Waals surface area contributed by atoms with Gasteiger partial charge in [-0.05, 0) is 42.7 Å². The highest BCUT2D eigenvalue weighted by Crippen LogP contribution is 2.37. The predicted octanol–water partition coefficient (Wildman–Crippen LogP) is 4.82. The molecule has 0 unspecified atom stereocenters. The maximum absolute atomic E-state index is 13.1. The van der Waals surface area contributed by atoms with Crippen molar-refractivity contribution in [3.05, 3.63) is 35.2 Å². The molecule has 0 amide bonds. The zero-order valence-corrected chi connectivity index (χ0v) is 12.7. The molecule has 0 saturated heterocycles. The Morgan fingerprint density at radius 3 is 2.80 bits per heavy atom. The van der Waals surface area contributed by atoms with Crippen LogP contribution in [-0.2, 0) is 4.74 Å². The van der Waals surface area contributed by atoms with Gasteiger partial charge in [0.05, 0.1) is 0 Å². The highest BCUT2D eigenvalue weighted by molar-refractivity contribution is 7.17. The minimum atomic E-state index is -0.578. The van der Waals surface area contributed by atoms with E-state index >= 15 is 0 Å². The van der Waals surface area contributed by atoms with Gasteiger partial charge in [-0.15, -0.1) is 11.3 Å². The summed E-state index contributed by atoms with van der Waals surface area (Å²) in [5.41, 5.74) is 0.263. The number of rotatable bonds is 4. The van der Waals surface area contributed by atoms with Crippen LogP contribution in [0.2, 0.25) is 0 Å². The zero-order valence-electron chi connectivity index (χ0n) is 11.9. The summed E-state index contributed by atoms with van der Waals surface area (Å²) >= 11 is 1.65. The molecule has 0 atom stereocenters. The van der Waals surface area contributed by atoms with Crippen LogP contribution < -0.4 is 0 Å². The Hall–Kier alpha value is -1.19. The molecule has 3 rings (SSSR count). The van der Waals surface area contributed by atoms with Crippen LogP contribution in [0.15, 0.2) is 29.6 Å². The number of ether oxygens (including phenoxy) is 1. The molecule has 3 heteroatoms. The second kappa shape index (κ2) is 5.66. The number of Topliss-reactive ketones (excluding diaryl/α,β-unsaturated/α-hetero) is 1. The fraction of sp³-hybridized carbons (Fsp3) is 0.471. The standard InChI is InChI=1S/C17H20O2S/c1-2-19-17(10-4-3-5-11-17)16(18)14-8-6-7-13-9-12-20-15(13)14/h6-9,12H,2-5,10-11H2,1H3. The van der Waals surface area contributed by atoms with Crippen molar-refractivity contribution in [3.63, 3.8) is 0 Å². The van der Waals surface area contributed by atoms with Gasteiger partial charge in [-0.25, -0.2) is 0 Å². The number of thiophene rings is 1. The van der Waals surface area contributed by atoms with Gasteiger partial charge in [0, 0.05) is 16.9 Å². The van der Waals surface area contributed by atoms with Gasteiger partial charge >= 0.3 is 0 Å². The number of hydrogen-bond acceptors (Lipinski definition) is 3. The van der Waals surface area contributed by atoms with Gasteiger partial charge in [-0.1, -0.05) is 31.4 Å². The van der Waals surface area contributed by atoms with Crippen LogP contribution in [0.3, 0.4) is 0 Å². The lowest BCUT2D eigenvalue weighted by molar-refractivity contribution is -0.0409. The summed E-state index contributed by atoms with van der Waals surface area (Å²) < 4.78 is 7.07. The Morgan fingerprint density at radius 1 is 1.25 bits per heavy atom. The van der Waals surface area contributed by atoms with E-state index in [1.165, 1.54) is 6.42 Å². The van der Waals surface area contributed by atoms with Crippen molar-refractivity contribution < 1.29 is 9.53 Å². The summed E-state index contributed by atoms with van der Waals surface area (Å²) in [4.78, 5) is 13.1. The number of benzene rings is 1. The van der Waals surface area contributed by atoms with Gasteiger partial charge in [-0.3, -0.25) is 4.79 Å². The molecule has 0 bridgehead atoms. The molecule has 1 saturated carbocycles. The molecule has 1 aromatic heterocycles. The summed E-state index contributed by atoms with van der Waals surface area (Å²) in [6.45, 7) is 2.58. The first-order valence-corrected chi connectivity index (χ1v) is 8.30. The smallest absolute Gasteiger partial charge is 0.196 e. The summed E-state index contributed by atoms with van der Waals surface area (Å²) in [6, 6.07) is 8.07. The summed E-state index contributed by atoms with van der Waals surface area (Å²) in [5, 5.41) is 3.21. The number of carbonyl (C=O) groups is 1. The zero-order chi connectivity index (χ0) is 14.0. The van der Waals surface area contributed by atoms with E-state index in [-0.39, 0.29) is 5.78 Å². The third-order valence-electron chi connectivity index (χ3n) is 4.22. The molecule has 1 fully saturated rings. The molecule has 2 nitrogen and oxygen atoms in total. The van der Waals surface area contributed by atoms with Crippen LogP contribution in [0, 0.1) is 0 Å². The molecule has 0 N–H and O–H groups in total. The lowest BCUT2D eigenvalue weighted by atomic mass is 9.79. The minimum Gasteiger partial charge on any atom is -0.367 e. The minimum absolute atomic E-state index is 0.187. The van der Waals surface area contributed by atoms with E-state index in [1.54, 1.807) is 11.3 Å². The second-order valence-corrected chi connectivity index (χ2v) is 6.38. The Labute approximate surface area is 123 Å². The van der Waals surface area contributed by atoms with Crippen LogP contribution in [0.1, 0.15) is 49.4 Å². The average Bonchev–Trinajstić information content (AvgIpc) is 2.96. The summed E-state index contributed by atoms with van der Waals surface area (Å²) in [5.74, 6) is 0.187. The molecule has 0 spiro atoms. The summed E-state index contributed by atoms with van der Waals surface area (Å²) in [7, 11) is 0. The Balaban J connectivity index is 2.03. The van der Waals surface area contributed by atoms with Crippen molar-refractivity contribution in [3.8, 4) is 0 Å². The van der Waals surface area contributed by atoms with E-state index in [0.29, 0.717) is 6.61 Å². The van der Waals surface area contributed by atoms with E-state index in [9.17, 15) is 4.79 Å². The molecule has 1 heterocycles. The first-order chi connectivity index (χ1) is 9.77. The van der Waals surface area contributed by atoms with E-state index in [1.807, 2.05) is 19.1 Å².